The number of hydrogen-bond donors (Lipinski definition) is 1. The average molecular weight is 306 g/mol. The van der Waals surface area contributed by atoms with Crippen LogP contribution in [-0.4, -0.2) is 11.5 Å². The highest BCUT2D eigenvalue weighted by Crippen LogP contribution is 2.30. The van der Waals surface area contributed by atoms with Crippen molar-refractivity contribution in [2.75, 3.05) is 11.9 Å². The van der Waals surface area contributed by atoms with Gasteiger partial charge in [-0.1, -0.05) is 0 Å². The van der Waals surface area contributed by atoms with Crippen LogP contribution in [0.5, 0.6) is 5.75 Å². The molecule has 0 bridgehead atoms. The Bertz CT molecular complexity index is 640. The maximum absolute atomic E-state index is 11.0. The Balaban J connectivity index is 2.23. The largest absolute Gasteiger partial charge is 0.494 e. The van der Waals surface area contributed by atoms with Gasteiger partial charge in [0.1, 0.15) is 5.75 Å². The molecule has 0 fully saturated rings. The van der Waals surface area contributed by atoms with E-state index in [2.05, 4.69) is 24.4 Å². The molecule has 1 unspecified atom stereocenters. The number of aryl methyl sites for hydroxylation is 1. The van der Waals surface area contributed by atoms with Crippen LogP contribution in [0, 0.1) is 17.0 Å². The molecule has 2 aromatic rings. The van der Waals surface area contributed by atoms with Gasteiger partial charge in [0.15, 0.2) is 0 Å². The first-order valence-electron chi connectivity index (χ1n) is 6.74. The zero-order valence-corrected chi connectivity index (χ0v) is 13.1. The highest BCUT2D eigenvalue weighted by molar-refractivity contribution is 7.12. The summed E-state index contributed by atoms with van der Waals surface area (Å²) in [5, 5.41) is 14.3. The van der Waals surface area contributed by atoms with Crippen LogP contribution in [0.15, 0.2) is 30.3 Å². The van der Waals surface area contributed by atoms with E-state index in [4.69, 9.17) is 4.74 Å². The first-order chi connectivity index (χ1) is 9.99. The van der Waals surface area contributed by atoms with Crippen LogP contribution in [0.1, 0.15) is 29.6 Å². The van der Waals surface area contributed by atoms with Gasteiger partial charge >= 0.3 is 0 Å². The highest BCUT2D eigenvalue weighted by atomic mass is 32.1. The minimum absolute atomic E-state index is 0.0259. The standard InChI is InChI=1S/C15H18N2O3S/c1-4-20-14-8-12(7-13(9-14)17(18)19)16-11(3)15-6-5-10(2)21-15/h5-9,11,16H,4H2,1-3H3. The molecule has 0 saturated carbocycles. The maximum Gasteiger partial charge on any atom is 0.275 e. The first kappa shape index (κ1) is 15.3. The smallest absolute Gasteiger partial charge is 0.275 e. The van der Waals surface area contributed by atoms with Gasteiger partial charge < -0.3 is 10.1 Å². The van der Waals surface area contributed by atoms with Crippen molar-refractivity contribution in [1.82, 2.24) is 0 Å². The quantitative estimate of drug-likeness (QED) is 0.628. The zero-order chi connectivity index (χ0) is 15.4. The summed E-state index contributed by atoms with van der Waals surface area (Å²) in [6.45, 7) is 6.41. The summed E-state index contributed by atoms with van der Waals surface area (Å²) in [5.41, 5.74) is 0.712. The number of hydrogen-bond acceptors (Lipinski definition) is 5. The molecule has 0 spiro atoms. The molecule has 21 heavy (non-hydrogen) atoms. The molecule has 0 aliphatic rings. The van der Waals surface area contributed by atoms with Crippen LogP contribution in [0.25, 0.3) is 0 Å². The van der Waals surface area contributed by atoms with Crippen LogP contribution in [-0.2, 0) is 0 Å². The molecule has 6 heteroatoms. The van der Waals surface area contributed by atoms with Gasteiger partial charge in [-0.25, -0.2) is 0 Å². The van der Waals surface area contributed by atoms with E-state index in [1.807, 2.05) is 13.8 Å². The third-order valence-electron chi connectivity index (χ3n) is 2.98. The number of nitro benzene ring substituents is 1. The van der Waals surface area contributed by atoms with E-state index in [0.29, 0.717) is 18.0 Å². The van der Waals surface area contributed by atoms with E-state index < -0.39 is 4.92 Å². The topological polar surface area (TPSA) is 64.4 Å². The summed E-state index contributed by atoms with van der Waals surface area (Å²) in [7, 11) is 0. The summed E-state index contributed by atoms with van der Waals surface area (Å²) < 4.78 is 5.39. The summed E-state index contributed by atoms with van der Waals surface area (Å²) in [4.78, 5) is 13.0. The molecule has 0 aliphatic heterocycles. The predicted octanol–water partition coefficient (Wildman–Crippen LogP) is 4.54. The highest BCUT2D eigenvalue weighted by Gasteiger charge is 2.13. The molecule has 1 N–H and O–H groups in total. The van der Waals surface area contributed by atoms with Crippen molar-refractivity contribution < 1.29 is 9.66 Å². The lowest BCUT2D eigenvalue weighted by molar-refractivity contribution is -0.384. The Kier molecular flexibility index (Phi) is 4.80. The molecule has 5 nitrogen and oxygen atoms in total. The molecule has 0 radical (unpaired) electrons. The number of benzene rings is 1. The van der Waals surface area contributed by atoms with Crippen LogP contribution in [0.4, 0.5) is 11.4 Å². The van der Waals surface area contributed by atoms with E-state index in [-0.39, 0.29) is 11.7 Å². The number of thiophene rings is 1. The van der Waals surface area contributed by atoms with Gasteiger partial charge in [0.05, 0.1) is 23.6 Å². The Labute approximate surface area is 127 Å². The minimum Gasteiger partial charge on any atom is -0.494 e. The second-order valence-electron chi connectivity index (χ2n) is 4.72. The van der Waals surface area contributed by atoms with Crippen LogP contribution in [0.3, 0.4) is 0 Å². The number of anilines is 1. The minimum atomic E-state index is -0.409. The molecule has 2 rings (SSSR count). The molecule has 112 valence electrons. The molecule has 0 amide bonds. The second-order valence-corrected chi connectivity index (χ2v) is 6.04. The zero-order valence-electron chi connectivity index (χ0n) is 12.3. The summed E-state index contributed by atoms with van der Waals surface area (Å²) in [6, 6.07) is 8.97. The molecule has 1 heterocycles. The lowest BCUT2D eigenvalue weighted by atomic mass is 10.2. The SMILES string of the molecule is CCOc1cc(NC(C)c2ccc(C)s2)cc([N+](=O)[O-])c1. The van der Waals surface area contributed by atoms with Crippen molar-refractivity contribution in [3.63, 3.8) is 0 Å². The van der Waals surface area contributed by atoms with Crippen LogP contribution in [0.2, 0.25) is 0 Å². The van der Waals surface area contributed by atoms with Gasteiger partial charge in [-0.05, 0) is 32.9 Å². The maximum atomic E-state index is 11.0. The normalized spacial score (nSPS) is 12.0. The van der Waals surface area contributed by atoms with Gasteiger partial charge in [-0.15, -0.1) is 11.3 Å². The monoisotopic (exact) mass is 306 g/mol. The fraction of sp³-hybridized carbons (Fsp3) is 0.333. The van der Waals surface area contributed by atoms with Crippen LogP contribution < -0.4 is 10.1 Å². The molecular formula is C15H18N2O3S. The van der Waals surface area contributed by atoms with Gasteiger partial charge in [0, 0.05) is 27.6 Å². The number of ether oxygens (including phenoxy) is 1. The van der Waals surface area contributed by atoms with E-state index in [1.165, 1.54) is 21.9 Å². The third-order valence-corrected chi connectivity index (χ3v) is 4.17. The average Bonchev–Trinajstić information content (AvgIpc) is 2.85. The number of nitro groups is 1. The van der Waals surface area contributed by atoms with E-state index in [0.717, 1.165) is 0 Å². The summed E-state index contributed by atoms with van der Waals surface area (Å²) >= 11 is 1.71. The lowest BCUT2D eigenvalue weighted by Crippen LogP contribution is -2.05. The Morgan fingerprint density at radius 2 is 2.14 bits per heavy atom. The Hall–Kier alpha value is -2.08. The summed E-state index contributed by atoms with van der Waals surface area (Å²) in [5.74, 6) is 0.503. The molecular weight excluding hydrogens is 288 g/mol. The second kappa shape index (κ2) is 6.58. The van der Waals surface area contributed by atoms with Gasteiger partial charge in [-0.2, -0.15) is 0 Å². The molecule has 1 aromatic heterocycles. The van der Waals surface area contributed by atoms with Crippen molar-refractivity contribution >= 4 is 22.7 Å². The Morgan fingerprint density at radius 1 is 1.38 bits per heavy atom. The van der Waals surface area contributed by atoms with E-state index >= 15 is 0 Å². The number of non-ortho nitro benzene ring substituents is 1. The van der Waals surface area contributed by atoms with Crippen molar-refractivity contribution in [3.8, 4) is 5.75 Å². The van der Waals surface area contributed by atoms with Gasteiger partial charge in [0.25, 0.3) is 5.69 Å². The lowest BCUT2D eigenvalue weighted by Gasteiger charge is -2.14. The van der Waals surface area contributed by atoms with Crippen molar-refractivity contribution in [2.24, 2.45) is 0 Å². The third kappa shape index (κ3) is 3.95. The first-order valence-corrected chi connectivity index (χ1v) is 7.56. The van der Waals surface area contributed by atoms with Crippen molar-refractivity contribution in [2.45, 2.75) is 26.8 Å². The van der Waals surface area contributed by atoms with Gasteiger partial charge in [0.2, 0.25) is 0 Å². The predicted molar refractivity (Wildman–Crippen MR) is 85.4 cm³/mol. The fourth-order valence-electron chi connectivity index (χ4n) is 2.03. The molecule has 0 saturated heterocycles. The fourth-order valence-corrected chi connectivity index (χ4v) is 2.91. The van der Waals surface area contributed by atoms with E-state index in [9.17, 15) is 10.1 Å². The van der Waals surface area contributed by atoms with Crippen molar-refractivity contribution in [3.05, 3.63) is 50.2 Å². The number of nitrogens with zero attached hydrogens (tertiary/aromatic N) is 1. The molecule has 1 atom stereocenters. The van der Waals surface area contributed by atoms with Crippen LogP contribution >= 0.6 is 11.3 Å². The Morgan fingerprint density at radius 3 is 2.71 bits per heavy atom. The number of rotatable bonds is 6. The molecule has 1 aromatic carbocycles. The summed E-state index contributed by atoms with van der Waals surface area (Å²) in [6.07, 6.45) is 0. The van der Waals surface area contributed by atoms with E-state index in [1.54, 1.807) is 17.4 Å². The van der Waals surface area contributed by atoms with Gasteiger partial charge in [-0.3, -0.25) is 10.1 Å². The molecule has 0 aliphatic carbocycles. The number of nitrogens with one attached hydrogen (secondary N) is 1. The van der Waals surface area contributed by atoms with Crippen molar-refractivity contribution in [1.29, 1.82) is 0 Å².